The second-order valence-electron chi connectivity index (χ2n) is 7.98. The summed E-state index contributed by atoms with van der Waals surface area (Å²) in [6.45, 7) is 2.98. The number of thiol groups is 1. The molecule has 3 N–H and O–H groups in total. The third-order valence-electron chi connectivity index (χ3n) is 5.64. The van der Waals surface area contributed by atoms with Crippen molar-refractivity contribution < 1.29 is 24.1 Å². The summed E-state index contributed by atoms with van der Waals surface area (Å²) in [4.78, 5) is 28.3. The molecule has 9 nitrogen and oxygen atoms in total. The first-order valence-electron chi connectivity index (χ1n) is 11.8. The van der Waals surface area contributed by atoms with Crippen molar-refractivity contribution in [2.75, 3.05) is 57.6 Å². The van der Waals surface area contributed by atoms with E-state index in [9.17, 15) is 14.7 Å². The Balaban J connectivity index is 1.77. The van der Waals surface area contributed by atoms with Gasteiger partial charge < -0.3 is 34.5 Å². The Morgan fingerprint density at radius 1 is 0.972 bits per heavy atom. The van der Waals surface area contributed by atoms with Crippen LogP contribution in [-0.2, 0) is 27.0 Å². The first kappa shape index (κ1) is 27.7. The standard InChI is InChI=1S/C26H33N3O6S/c1-28-21-9-5-6-19(18-36)22(21)24(30)23(25(28)31)26(32)29(20-7-3-2-4-8-20)11-13-34-15-17-35-16-14-33-12-10-27/h2-9,30,36H,10-18,27H2,1H3. The summed E-state index contributed by atoms with van der Waals surface area (Å²) < 4.78 is 17.7. The molecule has 10 heteroatoms. The van der Waals surface area contributed by atoms with Crippen LogP contribution in [0.15, 0.2) is 53.3 Å². The topological polar surface area (TPSA) is 116 Å². The number of hydrogen-bond acceptors (Lipinski definition) is 8. The summed E-state index contributed by atoms with van der Waals surface area (Å²) in [5, 5.41) is 11.6. The fourth-order valence-corrected chi connectivity index (χ4v) is 4.10. The molecular formula is C26H33N3O6S. The van der Waals surface area contributed by atoms with Gasteiger partial charge in [-0.25, -0.2) is 0 Å². The van der Waals surface area contributed by atoms with Crippen LogP contribution in [0.4, 0.5) is 5.69 Å². The molecule has 1 aromatic heterocycles. The van der Waals surface area contributed by atoms with Gasteiger partial charge in [0.15, 0.2) is 0 Å². The maximum absolute atomic E-state index is 13.7. The molecule has 0 bridgehead atoms. The molecule has 36 heavy (non-hydrogen) atoms. The van der Waals surface area contributed by atoms with Gasteiger partial charge in [0.1, 0.15) is 11.3 Å². The molecule has 3 aromatic rings. The third kappa shape index (κ3) is 6.65. The van der Waals surface area contributed by atoms with Crippen LogP contribution in [0.5, 0.6) is 5.75 Å². The zero-order valence-corrected chi connectivity index (χ0v) is 21.3. The van der Waals surface area contributed by atoms with E-state index >= 15 is 0 Å². The van der Waals surface area contributed by atoms with Gasteiger partial charge in [-0.05, 0) is 23.8 Å². The van der Waals surface area contributed by atoms with Crippen LogP contribution in [0.2, 0.25) is 0 Å². The van der Waals surface area contributed by atoms with Crippen LogP contribution in [0.3, 0.4) is 0 Å². The van der Waals surface area contributed by atoms with E-state index in [4.69, 9.17) is 19.9 Å². The number of carbonyl (C=O) groups excluding carboxylic acids is 1. The number of ether oxygens (including phenoxy) is 3. The number of rotatable bonds is 14. The predicted molar refractivity (Wildman–Crippen MR) is 143 cm³/mol. The van der Waals surface area contributed by atoms with Gasteiger partial charge in [0, 0.05) is 37.0 Å². The molecule has 0 saturated carbocycles. The Kier molecular flexibility index (Phi) is 10.8. The first-order chi connectivity index (χ1) is 17.5. The number of amides is 1. The molecule has 3 rings (SSSR count). The minimum Gasteiger partial charge on any atom is -0.506 e. The monoisotopic (exact) mass is 515 g/mol. The lowest BCUT2D eigenvalue weighted by atomic mass is 10.0. The Morgan fingerprint density at radius 2 is 1.61 bits per heavy atom. The van der Waals surface area contributed by atoms with E-state index in [-0.39, 0.29) is 24.5 Å². The Bertz CT molecular complexity index is 1200. The lowest BCUT2D eigenvalue weighted by Gasteiger charge is -2.24. The number of nitrogens with two attached hydrogens (primary N) is 1. The third-order valence-corrected chi connectivity index (χ3v) is 5.99. The van der Waals surface area contributed by atoms with Crippen LogP contribution in [-0.4, -0.2) is 68.3 Å². The summed E-state index contributed by atoms with van der Waals surface area (Å²) in [7, 11) is 1.58. The van der Waals surface area contributed by atoms with E-state index in [2.05, 4.69) is 12.6 Å². The Labute approximate surface area is 215 Å². The molecule has 0 unspecified atom stereocenters. The lowest BCUT2D eigenvalue weighted by Crippen LogP contribution is -2.38. The van der Waals surface area contributed by atoms with Crippen molar-refractivity contribution >= 4 is 35.1 Å². The van der Waals surface area contributed by atoms with Crippen LogP contribution in [0.25, 0.3) is 10.9 Å². The van der Waals surface area contributed by atoms with Gasteiger partial charge in [0.25, 0.3) is 11.5 Å². The van der Waals surface area contributed by atoms with Gasteiger partial charge in [0.05, 0.1) is 45.2 Å². The molecule has 0 aliphatic rings. The van der Waals surface area contributed by atoms with Crippen molar-refractivity contribution in [3.05, 3.63) is 70.0 Å². The fraction of sp³-hybridized carbons (Fsp3) is 0.385. The average Bonchev–Trinajstić information content (AvgIpc) is 2.90. The molecule has 194 valence electrons. The number of anilines is 1. The SMILES string of the molecule is Cn1c(=O)c(C(=O)N(CCOCCOCCOCCN)c2ccccc2)c(O)c2c(CS)cccc21. The smallest absolute Gasteiger partial charge is 0.267 e. The zero-order valence-electron chi connectivity index (χ0n) is 20.4. The summed E-state index contributed by atoms with van der Waals surface area (Å²) in [6.07, 6.45) is 0. The van der Waals surface area contributed by atoms with Crippen LogP contribution < -0.4 is 16.2 Å². The number of carbonyl (C=O) groups is 1. The van der Waals surface area contributed by atoms with E-state index < -0.39 is 11.5 Å². The molecule has 0 spiro atoms. The molecule has 1 amide bonds. The maximum Gasteiger partial charge on any atom is 0.267 e. The van der Waals surface area contributed by atoms with Crippen molar-refractivity contribution in [3.8, 4) is 5.75 Å². The normalized spacial score (nSPS) is 11.2. The van der Waals surface area contributed by atoms with Crippen molar-refractivity contribution in [1.29, 1.82) is 0 Å². The molecule has 1 heterocycles. The first-order valence-corrected chi connectivity index (χ1v) is 12.4. The van der Waals surface area contributed by atoms with Crippen molar-refractivity contribution in [1.82, 2.24) is 4.57 Å². The Morgan fingerprint density at radius 3 is 2.25 bits per heavy atom. The summed E-state index contributed by atoms with van der Waals surface area (Å²) >= 11 is 4.35. The number of pyridine rings is 1. The summed E-state index contributed by atoms with van der Waals surface area (Å²) in [5.74, 6) is -0.601. The van der Waals surface area contributed by atoms with E-state index in [0.29, 0.717) is 61.9 Å². The highest BCUT2D eigenvalue weighted by molar-refractivity contribution is 7.79. The van der Waals surface area contributed by atoms with Gasteiger partial charge in [-0.3, -0.25) is 9.59 Å². The number of aryl methyl sites for hydroxylation is 1. The average molecular weight is 516 g/mol. The maximum atomic E-state index is 13.7. The van der Waals surface area contributed by atoms with Crippen LogP contribution in [0.1, 0.15) is 15.9 Å². The fourth-order valence-electron chi connectivity index (χ4n) is 3.84. The quantitative estimate of drug-likeness (QED) is 0.223. The molecule has 0 radical (unpaired) electrons. The molecule has 0 aliphatic carbocycles. The predicted octanol–water partition coefficient (Wildman–Crippen LogP) is 2.33. The number of fused-ring (bicyclic) bond motifs is 1. The zero-order chi connectivity index (χ0) is 25.9. The highest BCUT2D eigenvalue weighted by Gasteiger charge is 2.27. The number of aromatic nitrogens is 1. The molecule has 0 saturated heterocycles. The van der Waals surface area contributed by atoms with Gasteiger partial charge >= 0.3 is 0 Å². The van der Waals surface area contributed by atoms with Gasteiger partial charge in [-0.2, -0.15) is 12.6 Å². The molecule has 2 aromatic carbocycles. The summed E-state index contributed by atoms with van der Waals surface area (Å²) in [6, 6.07) is 14.3. The Hall–Kier alpha value is -2.89. The largest absolute Gasteiger partial charge is 0.506 e. The highest BCUT2D eigenvalue weighted by atomic mass is 32.1. The summed E-state index contributed by atoms with van der Waals surface area (Å²) in [5.41, 5.74) is 6.34. The number of hydrogen-bond donors (Lipinski definition) is 3. The van der Waals surface area contributed by atoms with Crippen LogP contribution >= 0.6 is 12.6 Å². The molecule has 0 fully saturated rings. The van der Waals surface area contributed by atoms with Gasteiger partial charge in [-0.15, -0.1) is 0 Å². The second kappa shape index (κ2) is 14.0. The highest BCUT2D eigenvalue weighted by Crippen LogP contribution is 2.31. The van der Waals surface area contributed by atoms with Gasteiger partial charge in [-0.1, -0.05) is 30.3 Å². The lowest BCUT2D eigenvalue weighted by molar-refractivity contribution is 0.0172. The second-order valence-corrected chi connectivity index (χ2v) is 8.29. The molecule has 0 aliphatic heterocycles. The van der Waals surface area contributed by atoms with Gasteiger partial charge in [0.2, 0.25) is 0 Å². The van der Waals surface area contributed by atoms with Crippen molar-refractivity contribution in [2.24, 2.45) is 12.8 Å². The molecule has 0 atom stereocenters. The number of aromatic hydroxyl groups is 1. The van der Waals surface area contributed by atoms with E-state index in [1.54, 1.807) is 43.4 Å². The minimum absolute atomic E-state index is 0.178. The van der Waals surface area contributed by atoms with E-state index in [0.717, 1.165) is 5.56 Å². The minimum atomic E-state index is -0.605. The molecular weight excluding hydrogens is 482 g/mol. The number of nitrogens with zero attached hydrogens (tertiary/aromatic N) is 2. The van der Waals surface area contributed by atoms with E-state index in [1.807, 2.05) is 12.1 Å². The number of benzene rings is 2. The van der Waals surface area contributed by atoms with Crippen molar-refractivity contribution in [2.45, 2.75) is 5.75 Å². The van der Waals surface area contributed by atoms with E-state index in [1.165, 1.54) is 9.47 Å². The number of para-hydroxylation sites is 1. The van der Waals surface area contributed by atoms with Crippen LogP contribution in [0, 0.1) is 0 Å². The van der Waals surface area contributed by atoms with Crippen molar-refractivity contribution in [3.63, 3.8) is 0 Å².